The highest BCUT2D eigenvalue weighted by Crippen LogP contribution is 2.07. The number of imidazole rings is 1. The van der Waals surface area contributed by atoms with Crippen LogP contribution in [0.15, 0.2) is 31.0 Å². The molecule has 0 aliphatic carbocycles. The van der Waals surface area contributed by atoms with Crippen LogP contribution in [0, 0.1) is 0 Å². The molecule has 0 saturated carbocycles. The maximum atomic E-state index is 12.4. The minimum Gasteiger partial charge on any atom is -0.385 e. The van der Waals surface area contributed by atoms with E-state index in [4.69, 9.17) is 4.74 Å². The Morgan fingerprint density at radius 1 is 1.39 bits per heavy atom. The molecule has 0 unspecified atom stereocenters. The molecule has 1 atom stereocenters. The van der Waals surface area contributed by atoms with Gasteiger partial charge in [-0.3, -0.25) is 9.36 Å². The number of rotatable bonds is 9. The zero-order chi connectivity index (χ0) is 16.5. The quantitative estimate of drug-likeness (QED) is 0.715. The van der Waals surface area contributed by atoms with Crippen LogP contribution >= 0.6 is 0 Å². The number of hydrogen-bond acceptors (Lipinski definition) is 5. The second kappa shape index (κ2) is 8.99. The molecule has 2 aromatic rings. The van der Waals surface area contributed by atoms with Crippen molar-refractivity contribution in [2.45, 2.75) is 38.6 Å². The van der Waals surface area contributed by atoms with E-state index in [9.17, 15) is 4.79 Å². The van der Waals surface area contributed by atoms with Gasteiger partial charge in [0.2, 0.25) is 5.95 Å². The molecule has 2 heterocycles. The van der Waals surface area contributed by atoms with Gasteiger partial charge in [0, 0.05) is 38.3 Å². The first-order valence-corrected chi connectivity index (χ1v) is 7.85. The number of nitrogens with one attached hydrogen (secondary N) is 1. The van der Waals surface area contributed by atoms with Crippen molar-refractivity contribution in [2.24, 2.45) is 0 Å². The first kappa shape index (κ1) is 17.1. The van der Waals surface area contributed by atoms with Gasteiger partial charge in [-0.05, 0) is 25.3 Å². The van der Waals surface area contributed by atoms with Crippen LogP contribution in [0.4, 0.5) is 0 Å². The summed E-state index contributed by atoms with van der Waals surface area (Å²) in [6.45, 7) is 2.81. The summed E-state index contributed by atoms with van der Waals surface area (Å²) in [5, 5.41) is 3.06. The largest absolute Gasteiger partial charge is 0.385 e. The highest BCUT2D eigenvalue weighted by atomic mass is 16.5. The Morgan fingerprint density at radius 3 is 2.96 bits per heavy atom. The number of hydrogen-bond donors (Lipinski definition) is 1. The maximum absolute atomic E-state index is 12.4. The van der Waals surface area contributed by atoms with Crippen molar-refractivity contribution in [2.75, 3.05) is 13.7 Å². The van der Waals surface area contributed by atoms with E-state index in [-0.39, 0.29) is 11.9 Å². The fraction of sp³-hybridized carbons (Fsp3) is 0.500. The Hall–Kier alpha value is -2.28. The standard InChI is InChI=1S/C16H23N5O2/c1-3-5-13(6-4-11-23-2)19-15(22)14-7-8-18-16(20-14)21-10-9-17-12-21/h7-10,12-13H,3-6,11H2,1-2H3,(H,19,22)/t13-/m1/s1. The van der Waals surface area contributed by atoms with Crippen LogP contribution in [-0.4, -0.2) is 45.2 Å². The van der Waals surface area contributed by atoms with Crippen LogP contribution in [-0.2, 0) is 4.74 Å². The highest BCUT2D eigenvalue weighted by molar-refractivity contribution is 5.92. The van der Waals surface area contributed by atoms with Crippen molar-refractivity contribution >= 4 is 5.91 Å². The third-order valence-electron chi connectivity index (χ3n) is 3.48. The molecule has 0 aliphatic heterocycles. The van der Waals surface area contributed by atoms with E-state index in [1.807, 2.05) is 0 Å². The zero-order valence-corrected chi connectivity index (χ0v) is 13.6. The van der Waals surface area contributed by atoms with Gasteiger partial charge in [-0.1, -0.05) is 13.3 Å². The number of ether oxygens (including phenoxy) is 1. The predicted octanol–water partition coefficient (Wildman–Crippen LogP) is 1.99. The van der Waals surface area contributed by atoms with E-state index in [1.165, 1.54) is 0 Å². The first-order chi connectivity index (χ1) is 11.2. The average Bonchev–Trinajstić information content (AvgIpc) is 3.10. The molecule has 0 aromatic carbocycles. The molecular weight excluding hydrogens is 294 g/mol. The summed E-state index contributed by atoms with van der Waals surface area (Å²) in [6.07, 6.45) is 10.3. The number of amides is 1. The van der Waals surface area contributed by atoms with Crippen molar-refractivity contribution in [1.82, 2.24) is 24.8 Å². The summed E-state index contributed by atoms with van der Waals surface area (Å²) in [5.74, 6) is 0.256. The molecule has 0 spiro atoms. The predicted molar refractivity (Wildman–Crippen MR) is 86.4 cm³/mol. The molecule has 0 saturated heterocycles. The second-order valence-corrected chi connectivity index (χ2v) is 5.31. The van der Waals surface area contributed by atoms with Gasteiger partial charge in [-0.25, -0.2) is 15.0 Å². The van der Waals surface area contributed by atoms with Gasteiger partial charge < -0.3 is 10.1 Å². The molecule has 7 heteroatoms. The summed E-state index contributed by atoms with van der Waals surface area (Å²) in [7, 11) is 1.69. The molecule has 23 heavy (non-hydrogen) atoms. The lowest BCUT2D eigenvalue weighted by atomic mass is 10.1. The van der Waals surface area contributed by atoms with Crippen LogP contribution in [0.3, 0.4) is 0 Å². The Labute approximate surface area is 136 Å². The van der Waals surface area contributed by atoms with Crippen LogP contribution in [0.25, 0.3) is 5.95 Å². The van der Waals surface area contributed by atoms with E-state index in [0.29, 0.717) is 18.2 Å². The number of aromatic nitrogens is 4. The molecular formula is C16H23N5O2. The summed E-state index contributed by atoms with van der Waals surface area (Å²) in [5.41, 5.74) is 0.358. The summed E-state index contributed by atoms with van der Waals surface area (Å²) < 4.78 is 6.74. The van der Waals surface area contributed by atoms with Gasteiger partial charge in [-0.2, -0.15) is 0 Å². The number of carbonyl (C=O) groups excluding carboxylic acids is 1. The molecule has 1 amide bonds. The Morgan fingerprint density at radius 2 is 2.26 bits per heavy atom. The molecule has 0 radical (unpaired) electrons. The van der Waals surface area contributed by atoms with Crippen LogP contribution in [0.1, 0.15) is 43.1 Å². The minimum absolute atomic E-state index is 0.134. The second-order valence-electron chi connectivity index (χ2n) is 5.31. The monoisotopic (exact) mass is 317 g/mol. The topological polar surface area (TPSA) is 81.9 Å². The molecule has 0 fully saturated rings. The molecule has 124 valence electrons. The normalized spacial score (nSPS) is 12.1. The minimum atomic E-state index is -0.176. The van der Waals surface area contributed by atoms with E-state index in [1.54, 1.807) is 42.7 Å². The van der Waals surface area contributed by atoms with E-state index >= 15 is 0 Å². The van der Waals surface area contributed by atoms with Crippen molar-refractivity contribution in [3.05, 3.63) is 36.7 Å². The SMILES string of the molecule is CCC[C@H](CCCOC)NC(=O)c1ccnc(-n2ccnc2)n1. The number of carbonyl (C=O) groups is 1. The van der Waals surface area contributed by atoms with Crippen LogP contribution in [0.5, 0.6) is 0 Å². The van der Waals surface area contributed by atoms with Crippen molar-refractivity contribution in [3.8, 4) is 5.95 Å². The number of nitrogens with zero attached hydrogens (tertiary/aromatic N) is 4. The van der Waals surface area contributed by atoms with Gasteiger partial charge in [0.25, 0.3) is 5.91 Å². The third kappa shape index (κ3) is 5.14. The zero-order valence-electron chi connectivity index (χ0n) is 13.6. The Balaban J connectivity index is 2.02. The van der Waals surface area contributed by atoms with Gasteiger partial charge in [0.05, 0.1) is 0 Å². The molecule has 0 aliphatic rings. The lowest BCUT2D eigenvalue weighted by molar-refractivity contribution is 0.0923. The highest BCUT2D eigenvalue weighted by Gasteiger charge is 2.15. The molecule has 0 bridgehead atoms. The lowest BCUT2D eigenvalue weighted by Crippen LogP contribution is -2.35. The molecule has 1 N–H and O–H groups in total. The lowest BCUT2D eigenvalue weighted by Gasteiger charge is -2.17. The van der Waals surface area contributed by atoms with Gasteiger partial charge in [0.1, 0.15) is 12.0 Å². The van der Waals surface area contributed by atoms with Crippen molar-refractivity contribution in [1.29, 1.82) is 0 Å². The Kier molecular flexibility index (Phi) is 6.68. The molecule has 2 aromatic heterocycles. The summed E-state index contributed by atoms with van der Waals surface area (Å²) in [6, 6.07) is 1.75. The van der Waals surface area contributed by atoms with Crippen LogP contribution < -0.4 is 5.32 Å². The third-order valence-corrected chi connectivity index (χ3v) is 3.48. The van der Waals surface area contributed by atoms with Gasteiger partial charge >= 0.3 is 0 Å². The van der Waals surface area contributed by atoms with Crippen molar-refractivity contribution < 1.29 is 9.53 Å². The number of methoxy groups -OCH3 is 1. The van der Waals surface area contributed by atoms with E-state index in [0.717, 1.165) is 25.7 Å². The summed E-state index contributed by atoms with van der Waals surface area (Å²) in [4.78, 5) is 24.8. The van der Waals surface area contributed by atoms with Gasteiger partial charge in [0.15, 0.2) is 0 Å². The van der Waals surface area contributed by atoms with E-state index < -0.39 is 0 Å². The Bertz CT molecular complexity index is 600. The van der Waals surface area contributed by atoms with Crippen LogP contribution in [0.2, 0.25) is 0 Å². The first-order valence-electron chi connectivity index (χ1n) is 7.85. The van der Waals surface area contributed by atoms with Crippen molar-refractivity contribution in [3.63, 3.8) is 0 Å². The summed E-state index contributed by atoms with van der Waals surface area (Å²) >= 11 is 0. The van der Waals surface area contributed by atoms with Gasteiger partial charge in [-0.15, -0.1) is 0 Å². The molecule has 2 rings (SSSR count). The average molecular weight is 317 g/mol. The smallest absolute Gasteiger partial charge is 0.270 e. The van der Waals surface area contributed by atoms with E-state index in [2.05, 4.69) is 27.2 Å². The maximum Gasteiger partial charge on any atom is 0.270 e. The fourth-order valence-corrected chi connectivity index (χ4v) is 2.35. The molecule has 7 nitrogen and oxygen atoms in total. The fourth-order valence-electron chi connectivity index (χ4n) is 2.35.